The molecule has 0 aliphatic heterocycles. The average Bonchev–Trinajstić information content (AvgIpc) is 2.14. The summed E-state index contributed by atoms with van der Waals surface area (Å²) in [6.45, 7) is 2.40. The summed E-state index contributed by atoms with van der Waals surface area (Å²) in [4.78, 5) is 0. The molecule has 1 aromatic rings. The third-order valence-corrected chi connectivity index (χ3v) is 0.997. The van der Waals surface area contributed by atoms with Crippen LogP contribution in [0.1, 0.15) is 11.5 Å². The molecule has 0 saturated heterocycles. The predicted octanol–water partition coefficient (Wildman–Crippen LogP) is 1.47. The van der Waals surface area contributed by atoms with Crippen LogP contribution in [0.2, 0.25) is 0 Å². The molecule has 0 fully saturated rings. The normalized spacial score (nSPS) is 8.67. The van der Waals surface area contributed by atoms with Gasteiger partial charge in [-0.25, -0.2) is 0 Å². The third-order valence-electron chi connectivity index (χ3n) is 0.997. The van der Waals surface area contributed by atoms with E-state index in [-0.39, 0.29) is 12.4 Å². The van der Waals surface area contributed by atoms with Crippen LogP contribution in [0.3, 0.4) is 0 Å². The summed E-state index contributed by atoms with van der Waals surface area (Å²) < 4.78 is 5.11. The topological polar surface area (TPSA) is 39.2 Å². The number of hydrogen-bond acceptors (Lipinski definition) is 2. The largest absolute Gasteiger partial charge is 0.465 e. The van der Waals surface area contributed by atoms with Crippen molar-refractivity contribution in [2.45, 2.75) is 13.5 Å². The Labute approximate surface area is 60.4 Å². The fraction of sp³-hybridized carbons (Fsp3) is 0.333. The zero-order valence-corrected chi connectivity index (χ0v) is 6.07. The molecule has 0 aliphatic rings. The first-order valence-corrected chi connectivity index (χ1v) is 2.58. The van der Waals surface area contributed by atoms with Crippen molar-refractivity contribution in [3.8, 4) is 0 Å². The second kappa shape index (κ2) is 3.54. The molecule has 3 heteroatoms. The van der Waals surface area contributed by atoms with Crippen molar-refractivity contribution < 1.29 is 4.42 Å². The van der Waals surface area contributed by atoms with E-state index in [0.29, 0.717) is 6.54 Å². The van der Waals surface area contributed by atoms with Gasteiger partial charge in [0.1, 0.15) is 11.5 Å². The minimum absolute atomic E-state index is 0. The maximum atomic E-state index is 5.27. The highest BCUT2D eigenvalue weighted by Crippen LogP contribution is 2.03. The lowest BCUT2D eigenvalue weighted by Crippen LogP contribution is -1.92. The molecule has 0 unspecified atom stereocenters. The first-order valence-electron chi connectivity index (χ1n) is 2.58. The van der Waals surface area contributed by atoms with Crippen LogP contribution in [0.5, 0.6) is 0 Å². The molecule has 0 amide bonds. The molecule has 9 heavy (non-hydrogen) atoms. The molecule has 0 aromatic carbocycles. The van der Waals surface area contributed by atoms with Crippen molar-refractivity contribution in [2.75, 3.05) is 0 Å². The second-order valence-electron chi connectivity index (χ2n) is 1.72. The van der Waals surface area contributed by atoms with Gasteiger partial charge in [-0.15, -0.1) is 12.4 Å². The molecule has 2 nitrogen and oxygen atoms in total. The second-order valence-corrected chi connectivity index (χ2v) is 1.72. The van der Waals surface area contributed by atoms with E-state index in [9.17, 15) is 0 Å². The lowest BCUT2D eigenvalue weighted by Gasteiger charge is -1.83. The van der Waals surface area contributed by atoms with Gasteiger partial charge in [-0.2, -0.15) is 0 Å². The summed E-state index contributed by atoms with van der Waals surface area (Å²) in [5.74, 6) is 1.77. The SMILES string of the molecule is Cc1ccc(CN)o1.Cl. The highest BCUT2D eigenvalue weighted by Gasteiger charge is 1.91. The minimum Gasteiger partial charge on any atom is -0.465 e. The Kier molecular flexibility index (Phi) is 3.35. The number of furan rings is 1. The van der Waals surface area contributed by atoms with Crippen LogP contribution in [0, 0.1) is 6.92 Å². The Bertz CT molecular complexity index is 173. The minimum atomic E-state index is 0. The fourth-order valence-corrected chi connectivity index (χ4v) is 0.595. The van der Waals surface area contributed by atoms with Crippen molar-refractivity contribution in [3.63, 3.8) is 0 Å². The number of aryl methyl sites for hydroxylation is 1. The van der Waals surface area contributed by atoms with Crippen LogP contribution in [-0.4, -0.2) is 0 Å². The van der Waals surface area contributed by atoms with E-state index < -0.39 is 0 Å². The van der Waals surface area contributed by atoms with Crippen LogP contribution in [-0.2, 0) is 6.54 Å². The van der Waals surface area contributed by atoms with Gasteiger partial charge < -0.3 is 10.2 Å². The summed E-state index contributed by atoms with van der Waals surface area (Å²) in [5, 5.41) is 0. The highest BCUT2D eigenvalue weighted by molar-refractivity contribution is 5.85. The van der Waals surface area contributed by atoms with E-state index in [0.717, 1.165) is 11.5 Å². The van der Waals surface area contributed by atoms with E-state index in [2.05, 4.69) is 0 Å². The van der Waals surface area contributed by atoms with Crippen LogP contribution in [0.15, 0.2) is 16.5 Å². The number of rotatable bonds is 1. The maximum Gasteiger partial charge on any atom is 0.117 e. The van der Waals surface area contributed by atoms with Gasteiger partial charge >= 0.3 is 0 Å². The van der Waals surface area contributed by atoms with Gasteiger partial charge in [0.15, 0.2) is 0 Å². The molecule has 0 atom stereocenters. The highest BCUT2D eigenvalue weighted by atomic mass is 35.5. The molecule has 0 radical (unpaired) electrons. The first kappa shape index (κ1) is 8.53. The van der Waals surface area contributed by atoms with Gasteiger partial charge in [0.2, 0.25) is 0 Å². The Morgan fingerprint density at radius 3 is 2.44 bits per heavy atom. The number of nitrogens with two attached hydrogens (primary N) is 1. The average molecular weight is 148 g/mol. The van der Waals surface area contributed by atoms with Gasteiger partial charge in [0.25, 0.3) is 0 Å². The van der Waals surface area contributed by atoms with Gasteiger partial charge in [-0.3, -0.25) is 0 Å². The van der Waals surface area contributed by atoms with E-state index in [1.165, 1.54) is 0 Å². The summed E-state index contributed by atoms with van der Waals surface area (Å²) in [6.07, 6.45) is 0. The van der Waals surface area contributed by atoms with Crippen molar-refractivity contribution in [1.29, 1.82) is 0 Å². The van der Waals surface area contributed by atoms with Crippen LogP contribution < -0.4 is 5.73 Å². The Balaban J connectivity index is 0.000000640. The molecule has 1 heterocycles. The van der Waals surface area contributed by atoms with Crippen molar-refractivity contribution in [1.82, 2.24) is 0 Å². The molecule has 1 aromatic heterocycles. The lowest BCUT2D eigenvalue weighted by atomic mass is 10.4. The van der Waals surface area contributed by atoms with E-state index in [4.69, 9.17) is 10.2 Å². The van der Waals surface area contributed by atoms with Crippen LogP contribution in [0.4, 0.5) is 0 Å². The standard InChI is InChI=1S/C6H9NO.ClH/c1-5-2-3-6(4-7)8-5;/h2-3H,4,7H2,1H3;1H. The zero-order valence-electron chi connectivity index (χ0n) is 5.26. The summed E-state index contributed by atoms with van der Waals surface area (Å²) in [5.41, 5.74) is 5.27. The van der Waals surface area contributed by atoms with E-state index in [1.807, 2.05) is 19.1 Å². The molecule has 52 valence electrons. The monoisotopic (exact) mass is 147 g/mol. The number of hydrogen-bond donors (Lipinski definition) is 1. The van der Waals surface area contributed by atoms with E-state index >= 15 is 0 Å². The quantitative estimate of drug-likeness (QED) is 0.654. The van der Waals surface area contributed by atoms with Crippen LogP contribution >= 0.6 is 12.4 Å². The van der Waals surface area contributed by atoms with E-state index in [1.54, 1.807) is 0 Å². The van der Waals surface area contributed by atoms with Gasteiger partial charge in [-0.05, 0) is 19.1 Å². The van der Waals surface area contributed by atoms with Gasteiger partial charge in [0, 0.05) is 0 Å². The molecule has 0 aliphatic carbocycles. The molecule has 0 spiro atoms. The van der Waals surface area contributed by atoms with Crippen molar-refractivity contribution in [3.05, 3.63) is 23.7 Å². The molecule has 0 saturated carbocycles. The first-order chi connectivity index (χ1) is 3.83. The van der Waals surface area contributed by atoms with Gasteiger partial charge in [-0.1, -0.05) is 0 Å². The molecular weight excluding hydrogens is 138 g/mol. The predicted molar refractivity (Wildman–Crippen MR) is 38.6 cm³/mol. The Morgan fingerprint density at radius 2 is 2.22 bits per heavy atom. The Hall–Kier alpha value is -0.470. The van der Waals surface area contributed by atoms with Crippen LogP contribution in [0.25, 0.3) is 0 Å². The lowest BCUT2D eigenvalue weighted by molar-refractivity contribution is 0.485. The molecule has 1 rings (SSSR count). The smallest absolute Gasteiger partial charge is 0.117 e. The van der Waals surface area contributed by atoms with Crippen molar-refractivity contribution in [2.24, 2.45) is 5.73 Å². The molecule has 2 N–H and O–H groups in total. The Morgan fingerprint density at radius 1 is 1.56 bits per heavy atom. The maximum absolute atomic E-state index is 5.27. The fourth-order valence-electron chi connectivity index (χ4n) is 0.595. The summed E-state index contributed by atoms with van der Waals surface area (Å²) >= 11 is 0. The third kappa shape index (κ3) is 2.08. The summed E-state index contributed by atoms with van der Waals surface area (Å²) in [6, 6.07) is 3.79. The number of halogens is 1. The van der Waals surface area contributed by atoms with Crippen molar-refractivity contribution >= 4 is 12.4 Å². The zero-order chi connectivity index (χ0) is 5.98. The molecular formula is C6H10ClNO. The molecule has 0 bridgehead atoms. The van der Waals surface area contributed by atoms with Gasteiger partial charge in [0.05, 0.1) is 6.54 Å². The summed E-state index contributed by atoms with van der Waals surface area (Å²) in [7, 11) is 0.